The van der Waals surface area contributed by atoms with Gasteiger partial charge in [-0.3, -0.25) is 0 Å². The maximum atomic E-state index is 6.08. The van der Waals surface area contributed by atoms with Crippen molar-refractivity contribution in [3.8, 4) is 5.75 Å². The van der Waals surface area contributed by atoms with Gasteiger partial charge >= 0.3 is 0 Å². The molecule has 0 aliphatic rings. The lowest BCUT2D eigenvalue weighted by Crippen LogP contribution is -2.06. The number of rotatable bonds is 5. The minimum Gasteiger partial charge on any atom is -0.497 e. The van der Waals surface area contributed by atoms with E-state index in [-0.39, 0.29) is 0 Å². The van der Waals surface area contributed by atoms with Gasteiger partial charge in [0.15, 0.2) is 0 Å². The number of hydrogen-bond acceptors (Lipinski definition) is 3. The van der Waals surface area contributed by atoms with E-state index in [9.17, 15) is 0 Å². The SMILES string of the molecule is COCc1nc2cc(OC)ccc2n1Cc1cccc(Cl)c1. The third kappa shape index (κ3) is 2.93. The summed E-state index contributed by atoms with van der Waals surface area (Å²) in [6, 6.07) is 13.7. The Morgan fingerprint density at radius 3 is 2.73 bits per heavy atom. The molecule has 1 aromatic heterocycles. The third-order valence-corrected chi connectivity index (χ3v) is 3.77. The third-order valence-electron chi connectivity index (χ3n) is 3.54. The van der Waals surface area contributed by atoms with Gasteiger partial charge in [0.25, 0.3) is 0 Å². The van der Waals surface area contributed by atoms with Crippen LogP contribution in [0.15, 0.2) is 42.5 Å². The summed E-state index contributed by atoms with van der Waals surface area (Å²) in [7, 11) is 3.32. The highest BCUT2D eigenvalue weighted by Gasteiger charge is 2.12. The maximum Gasteiger partial charge on any atom is 0.136 e. The average Bonchev–Trinajstić information content (AvgIpc) is 2.84. The largest absolute Gasteiger partial charge is 0.497 e. The standard InChI is InChI=1S/C17H17ClN2O2/c1-21-11-17-19-15-9-14(22-2)6-7-16(15)20(17)10-12-4-3-5-13(18)8-12/h3-9H,10-11H2,1-2H3. The van der Waals surface area contributed by atoms with E-state index in [4.69, 9.17) is 21.1 Å². The van der Waals surface area contributed by atoms with Crippen LogP contribution in [0.2, 0.25) is 5.02 Å². The van der Waals surface area contributed by atoms with E-state index < -0.39 is 0 Å². The molecule has 0 aliphatic carbocycles. The van der Waals surface area contributed by atoms with Crippen LogP contribution in [-0.2, 0) is 17.9 Å². The highest BCUT2D eigenvalue weighted by atomic mass is 35.5. The first-order valence-electron chi connectivity index (χ1n) is 6.98. The van der Waals surface area contributed by atoms with E-state index >= 15 is 0 Å². The summed E-state index contributed by atoms with van der Waals surface area (Å²) in [5.74, 6) is 1.68. The number of ether oxygens (including phenoxy) is 2. The van der Waals surface area contributed by atoms with Gasteiger partial charge in [-0.2, -0.15) is 0 Å². The molecule has 0 fully saturated rings. The van der Waals surface area contributed by atoms with Gasteiger partial charge in [-0.1, -0.05) is 23.7 Å². The first-order valence-corrected chi connectivity index (χ1v) is 7.35. The molecule has 114 valence electrons. The van der Waals surface area contributed by atoms with Crippen molar-refractivity contribution in [2.75, 3.05) is 14.2 Å². The molecule has 0 N–H and O–H groups in total. The lowest BCUT2D eigenvalue weighted by Gasteiger charge is -2.09. The monoisotopic (exact) mass is 316 g/mol. The van der Waals surface area contributed by atoms with Crippen LogP contribution in [0.25, 0.3) is 11.0 Å². The van der Waals surface area contributed by atoms with Crippen molar-refractivity contribution in [2.24, 2.45) is 0 Å². The minimum absolute atomic E-state index is 0.456. The number of aromatic nitrogens is 2. The number of imidazole rings is 1. The Bertz CT molecular complexity index is 798. The van der Waals surface area contributed by atoms with Crippen LogP contribution in [0.3, 0.4) is 0 Å². The summed E-state index contributed by atoms with van der Waals surface area (Å²) in [4.78, 5) is 4.65. The van der Waals surface area contributed by atoms with E-state index in [1.807, 2.05) is 36.4 Å². The molecule has 0 atom stereocenters. The molecule has 2 aromatic carbocycles. The summed E-state index contributed by atoms with van der Waals surface area (Å²) in [5.41, 5.74) is 3.07. The molecular weight excluding hydrogens is 300 g/mol. The Hall–Kier alpha value is -2.04. The quantitative estimate of drug-likeness (QED) is 0.716. The molecule has 0 radical (unpaired) electrons. The fourth-order valence-corrected chi connectivity index (χ4v) is 2.73. The van der Waals surface area contributed by atoms with Crippen LogP contribution in [0.1, 0.15) is 11.4 Å². The number of hydrogen-bond donors (Lipinski definition) is 0. The van der Waals surface area contributed by atoms with E-state index in [1.165, 1.54) is 0 Å². The first kappa shape index (κ1) is 14.9. The van der Waals surface area contributed by atoms with E-state index in [1.54, 1.807) is 14.2 Å². The van der Waals surface area contributed by atoms with Crippen molar-refractivity contribution in [2.45, 2.75) is 13.2 Å². The normalized spacial score (nSPS) is 11.0. The molecule has 0 aliphatic heterocycles. The average molecular weight is 317 g/mol. The van der Waals surface area contributed by atoms with Crippen LogP contribution in [0.4, 0.5) is 0 Å². The molecule has 5 heteroatoms. The second-order valence-corrected chi connectivity index (χ2v) is 5.47. The predicted octanol–water partition coefficient (Wildman–Crippen LogP) is 3.89. The molecule has 22 heavy (non-hydrogen) atoms. The number of nitrogens with zero attached hydrogens (tertiary/aromatic N) is 2. The van der Waals surface area contributed by atoms with Gasteiger partial charge in [-0.15, -0.1) is 0 Å². The molecule has 0 amide bonds. The van der Waals surface area contributed by atoms with Crippen molar-refractivity contribution in [1.82, 2.24) is 9.55 Å². The number of fused-ring (bicyclic) bond motifs is 1. The Labute approximate surface area is 134 Å². The molecule has 3 aromatic rings. The fraction of sp³-hybridized carbons (Fsp3) is 0.235. The number of methoxy groups -OCH3 is 2. The van der Waals surface area contributed by atoms with Crippen molar-refractivity contribution in [3.63, 3.8) is 0 Å². The van der Waals surface area contributed by atoms with Crippen LogP contribution < -0.4 is 4.74 Å². The molecule has 3 rings (SSSR count). The van der Waals surface area contributed by atoms with Gasteiger partial charge in [0.1, 0.15) is 18.2 Å². The number of benzene rings is 2. The van der Waals surface area contributed by atoms with Crippen LogP contribution in [0.5, 0.6) is 5.75 Å². The molecular formula is C17H17ClN2O2. The van der Waals surface area contributed by atoms with Crippen LogP contribution >= 0.6 is 11.6 Å². The smallest absolute Gasteiger partial charge is 0.136 e. The lowest BCUT2D eigenvalue weighted by molar-refractivity contribution is 0.175. The van der Waals surface area contributed by atoms with E-state index in [0.717, 1.165) is 33.2 Å². The van der Waals surface area contributed by atoms with E-state index in [0.29, 0.717) is 13.2 Å². The second-order valence-electron chi connectivity index (χ2n) is 5.03. The summed E-state index contributed by atoms with van der Waals surface area (Å²) in [6.45, 7) is 1.15. The summed E-state index contributed by atoms with van der Waals surface area (Å²) in [6.07, 6.45) is 0. The Kier molecular flexibility index (Phi) is 4.32. The Morgan fingerprint density at radius 1 is 1.14 bits per heavy atom. The zero-order valence-corrected chi connectivity index (χ0v) is 13.3. The van der Waals surface area contributed by atoms with Crippen LogP contribution in [-0.4, -0.2) is 23.8 Å². The van der Waals surface area contributed by atoms with Gasteiger partial charge in [-0.25, -0.2) is 4.98 Å². The predicted molar refractivity (Wildman–Crippen MR) is 87.6 cm³/mol. The summed E-state index contributed by atoms with van der Waals surface area (Å²) in [5, 5.41) is 0.733. The molecule has 0 saturated heterocycles. The topological polar surface area (TPSA) is 36.3 Å². The Balaban J connectivity index is 2.07. The van der Waals surface area contributed by atoms with Gasteiger partial charge in [0, 0.05) is 24.7 Å². The van der Waals surface area contributed by atoms with Crippen molar-refractivity contribution in [1.29, 1.82) is 0 Å². The van der Waals surface area contributed by atoms with Crippen molar-refractivity contribution >= 4 is 22.6 Å². The summed E-state index contributed by atoms with van der Waals surface area (Å²) >= 11 is 6.08. The summed E-state index contributed by atoms with van der Waals surface area (Å²) < 4.78 is 12.7. The molecule has 4 nitrogen and oxygen atoms in total. The van der Waals surface area contributed by atoms with Gasteiger partial charge < -0.3 is 14.0 Å². The minimum atomic E-state index is 0.456. The Morgan fingerprint density at radius 2 is 2.00 bits per heavy atom. The van der Waals surface area contributed by atoms with Gasteiger partial charge in [0.2, 0.25) is 0 Å². The van der Waals surface area contributed by atoms with Crippen molar-refractivity contribution in [3.05, 3.63) is 58.9 Å². The zero-order valence-electron chi connectivity index (χ0n) is 12.5. The highest BCUT2D eigenvalue weighted by Crippen LogP contribution is 2.24. The molecule has 0 saturated carbocycles. The molecule has 0 unspecified atom stereocenters. The number of halogens is 1. The van der Waals surface area contributed by atoms with Crippen LogP contribution in [0, 0.1) is 0 Å². The van der Waals surface area contributed by atoms with E-state index in [2.05, 4.69) is 15.6 Å². The highest BCUT2D eigenvalue weighted by molar-refractivity contribution is 6.30. The van der Waals surface area contributed by atoms with Crippen molar-refractivity contribution < 1.29 is 9.47 Å². The fourth-order valence-electron chi connectivity index (χ4n) is 2.52. The zero-order chi connectivity index (χ0) is 15.5. The van der Waals surface area contributed by atoms with Gasteiger partial charge in [0.05, 0.1) is 18.1 Å². The first-order chi connectivity index (χ1) is 10.7. The molecule has 0 spiro atoms. The maximum absolute atomic E-state index is 6.08. The van der Waals surface area contributed by atoms with Gasteiger partial charge in [-0.05, 0) is 29.8 Å². The molecule has 1 heterocycles. The lowest BCUT2D eigenvalue weighted by atomic mass is 10.2. The second kappa shape index (κ2) is 6.38. The molecule has 0 bridgehead atoms.